The van der Waals surface area contributed by atoms with Gasteiger partial charge in [-0.15, -0.1) is 0 Å². The van der Waals surface area contributed by atoms with Crippen LogP contribution in [0.2, 0.25) is 5.02 Å². The van der Waals surface area contributed by atoms with E-state index in [1.54, 1.807) is 18.1 Å². The van der Waals surface area contributed by atoms with Crippen LogP contribution < -0.4 is 10.1 Å². The molecule has 0 saturated heterocycles. The van der Waals surface area contributed by atoms with Gasteiger partial charge in [0.15, 0.2) is 0 Å². The molecule has 5 nitrogen and oxygen atoms in total. The first-order chi connectivity index (χ1) is 16.0. The summed E-state index contributed by atoms with van der Waals surface area (Å²) in [5.74, 6) is 0.346. The summed E-state index contributed by atoms with van der Waals surface area (Å²) in [4.78, 5) is 28.4. The number of likely N-dealkylation sites (N-methyl/N-ethyl adjacent to an activating group) is 1. The number of carbonyl (C=O) groups excluding carboxylic acids is 2. The predicted molar refractivity (Wildman–Crippen MR) is 131 cm³/mol. The van der Waals surface area contributed by atoms with E-state index in [9.17, 15) is 9.59 Å². The molecule has 0 radical (unpaired) electrons. The van der Waals surface area contributed by atoms with Gasteiger partial charge in [-0.25, -0.2) is 0 Å². The molecule has 0 bridgehead atoms. The first-order valence-corrected chi connectivity index (χ1v) is 11.4. The average Bonchev–Trinajstić information content (AvgIpc) is 2.83. The summed E-state index contributed by atoms with van der Waals surface area (Å²) >= 11 is 6.33. The Hall–Kier alpha value is -3.31. The Labute approximate surface area is 200 Å². The normalized spacial score (nSPS) is 11.5. The molecule has 0 saturated carbocycles. The van der Waals surface area contributed by atoms with Crippen LogP contribution in [0.1, 0.15) is 23.6 Å². The van der Waals surface area contributed by atoms with E-state index in [2.05, 4.69) is 5.32 Å². The molecular weight excluding hydrogens is 436 g/mol. The maximum absolute atomic E-state index is 13.6. The zero-order valence-electron chi connectivity index (χ0n) is 19.0. The Kier molecular flexibility index (Phi) is 8.90. The molecule has 0 aromatic heterocycles. The molecule has 172 valence electrons. The molecule has 33 heavy (non-hydrogen) atoms. The highest BCUT2D eigenvalue weighted by Gasteiger charge is 2.30. The third-order valence-corrected chi connectivity index (χ3v) is 5.78. The van der Waals surface area contributed by atoms with Crippen LogP contribution >= 0.6 is 11.6 Å². The molecule has 2 amide bonds. The number of halogens is 1. The summed E-state index contributed by atoms with van der Waals surface area (Å²) < 4.78 is 5.35. The smallest absolute Gasteiger partial charge is 0.243 e. The van der Waals surface area contributed by atoms with E-state index in [0.717, 1.165) is 16.7 Å². The lowest BCUT2D eigenvalue weighted by Crippen LogP contribution is -2.51. The van der Waals surface area contributed by atoms with Crippen LogP contribution in [-0.4, -0.2) is 36.4 Å². The molecule has 1 N–H and O–H groups in total. The number of hydrogen-bond donors (Lipinski definition) is 1. The highest BCUT2D eigenvalue weighted by Crippen LogP contribution is 2.21. The zero-order chi connectivity index (χ0) is 23.6. The Morgan fingerprint density at radius 2 is 1.67 bits per heavy atom. The average molecular weight is 465 g/mol. The third kappa shape index (κ3) is 6.83. The summed E-state index contributed by atoms with van der Waals surface area (Å²) in [6.07, 6.45) is 0.513. The Morgan fingerprint density at radius 1 is 0.970 bits per heavy atom. The van der Waals surface area contributed by atoms with Gasteiger partial charge in [-0.1, -0.05) is 72.3 Å². The quantitative estimate of drug-likeness (QED) is 0.474. The standard InChI is InChI=1S/C27H29ClN2O3/c1-3-29-27(32)25(17-20-10-5-4-6-11-20)30(19-21-12-9-14-23(16-21)33-2)26(31)18-22-13-7-8-15-24(22)28/h4-16,25H,3,17-19H2,1-2H3,(H,29,32)/t25-/m0/s1. The van der Waals surface area contributed by atoms with Crippen molar-refractivity contribution in [3.8, 4) is 5.75 Å². The van der Waals surface area contributed by atoms with Crippen LogP contribution in [0.4, 0.5) is 0 Å². The molecule has 3 rings (SSSR count). The lowest BCUT2D eigenvalue weighted by atomic mass is 10.0. The second-order valence-corrected chi connectivity index (χ2v) is 8.15. The maximum atomic E-state index is 13.6. The van der Waals surface area contributed by atoms with Gasteiger partial charge in [-0.2, -0.15) is 0 Å². The van der Waals surface area contributed by atoms with Crippen molar-refractivity contribution < 1.29 is 14.3 Å². The first-order valence-electron chi connectivity index (χ1n) is 11.0. The van der Waals surface area contributed by atoms with E-state index in [-0.39, 0.29) is 24.8 Å². The molecule has 3 aromatic rings. The number of carbonyl (C=O) groups is 2. The molecule has 3 aromatic carbocycles. The molecule has 0 aliphatic rings. The van der Waals surface area contributed by atoms with Gasteiger partial charge in [0.05, 0.1) is 13.5 Å². The Bertz CT molecular complexity index is 1070. The summed E-state index contributed by atoms with van der Waals surface area (Å²) in [7, 11) is 1.60. The molecule has 0 heterocycles. The van der Waals surface area contributed by atoms with Crippen molar-refractivity contribution in [1.82, 2.24) is 10.2 Å². The number of hydrogen-bond acceptors (Lipinski definition) is 3. The number of benzene rings is 3. The fraction of sp³-hybridized carbons (Fsp3) is 0.259. The van der Waals surface area contributed by atoms with E-state index in [0.29, 0.717) is 23.7 Å². The fourth-order valence-corrected chi connectivity index (χ4v) is 3.92. The van der Waals surface area contributed by atoms with Gasteiger partial charge in [0, 0.05) is 24.5 Å². The van der Waals surface area contributed by atoms with Gasteiger partial charge in [0.25, 0.3) is 0 Å². The van der Waals surface area contributed by atoms with Crippen LogP contribution in [0.25, 0.3) is 0 Å². The van der Waals surface area contributed by atoms with Gasteiger partial charge < -0.3 is 15.0 Å². The molecule has 0 fully saturated rings. The number of ether oxygens (including phenoxy) is 1. The molecule has 1 atom stereocenters. The van der Waals surface area contributed by atoms with Gasteiger partial charge in [0.2, 0.25) is 11.8 Å². The van der Waals surface area contributed by atoms with Gasteiger partial charge in [-0.05, 0) is 41.8 Å². The lowest BCUT2D eigenvalue weighted by Gasteiger charge is -2.31. The summed E-state index contributed by atoms with van der Waals surface area (Å²) in [5.41, 5.74) is 2.59. The van der Waals surface area contributed by atoms with E-state index >= 15 is 0 Å². The Morgan fingerprint density at radius 3 is 2.36 bits per heavy atom. The fourth-order valence-electron chi connectivity index (χ4n) is 3.72. The van der Waals surface area contributed by atoms with Gasteiger partial charge in [-0.3, -0.25) is 9.59 Å². The molecule has 0 aliphatic carbocycles. The van der Waals surface area contributed by atoms with Crippen molar-refractivity contribution >= 4 is 23.4 Å². The minimum Gasteiger partial charge on any atom is -0.497 e. The molecule has 0 spiro atoms. The molecule has 0 aliphatic heterocycles. The van der Waals surface area contributed by atoms with Crippen LogP contribution in [0.5, 0.6) is 5.75 Å². The number of amides is 2. The van der Waals surface area contributed by atoms with Crippen molar-refractivity contribution in [1.29, 1.82) is 0 Å². The SMILES string of the molecule is CCNC(=O)[C@H](Cc1ccccc1)N(Cc1cccc(OC)c1)C(=O)Cc1ccccc1Cl. The minimum absolute atomic E-state index is 0.105. The maximum Gasteiger partial charge on any atom is 0.243 e. The number of rotatable bonds is 10. The van der Waals surface area contributed by atoms with Crippen LogP contribution in [0.15, 0.2) is 78.9 Å². The molecular formula is C27H29ClN2O3. The van der Waals surface area contributed by atoms with Crippen LogP contribution in [-0.2, 0) is 29.0 Å². The zero-order valence-corrected chi connectivity index (χ0v) is 19.7. The van der Waals surface area contributed by atoms with Crippen LogP contribution in [0.3, 0.4) is 0 Å². The van der Waals surface area contributed by atoms with Gasteiger partial charge >= 0.3 is 0 Å². The minimum atomic E-state index is -0.673. The number of methoxy groups -OCH3 is 1. The summed E-state index contributed by atoms with van der Waals surface area (Å²) in [6.45, 7) is 2.63. The second kappa shape index (κ2) is 12.1. The summed E-state index contributed by atoms with van der Waals surface area (Å²) in [5, 5.41) is 3.43. The topological polar surface area (TPSA) is 58.6 Å². The lowest BCUT2D eigenvalue weighted by molar-refractivity contribution is -0.140. The van der Waals surface area contributed by atoms with E-state index in [1.807, 2.05) is 79.7 Å². The predicted octanol–water partition coefficient (Wildman–Crippen LogP) is 4.67. The highest BCUT2D eigenvalue weighted by molar-refractivity contribution is 6.31. The Balaban J connectivity index is 1.97. The van der Waals surface area contributed by atoms with Crippen molar-refractivity contribution in [2.45, 2.75) is 32.4 Å². The van der Waals surface area contributed by atoms with Crippen LogP contribution in [0, 0.1) is 0 Å². The summed E-state index contributed by atoms with van der Waals surface area (Å²) in [6, 6.07) is 23.9. The largest absolute Gasteiger partial charge is 0.497 e. The second-order valence-electron chi connectivity index (χ2n) is 7.74. The highest BCUT2D eigenvalue weighted by atomic mass is 35.5. The van der Waals surface area contributed by atoms with E-state index in [4.69, 9.17) is 16.3 Å². The van der Waals surface area contributed by atoms with E-state index < -0.39 is 6.04 Å². The van der Waals surface area contributed by atoms with Crippen molar-refractivity contribution in [2.24, 2.45) is 0 Å². The van der Waals surface area contributed by atoms with Crippen molar-refractivity contribution in [3.63, 3.8) is 0 Å². The molecule has 0 unspecified atom stereocenters. The monoisotopic (exact) mass is 464 g/mol. The van der Waals surface area contributed by atoms with Crippen molar-refractivity contribution in [2.75, 3.05) is 13.7 Å². The van der Waals surface area contributed by atoms with Crippen molar-refractivity contribution in [3.05, 3.63) is 101 Å². The molecule has 6 heteroatoms. The third-order valence-electron chi connectivity index (χ3n) is 5.41. The number of nitrogens with one attached hydrogen (secondary N) is 1. The number of nitrogens with zero attached hydrogens (tertiary/aromatic N) is 1. The first kappa shape index (κ1) is 24.3. The van der Waals surface area contributed by atoms with E-state index in [1.165, 1.54) is 0 Å². The van der Waals surface area contributed by atoms with Gasteiger partial charge in [0.1, 0.15) is 11.8 Å².